The number of nitrogens with zero attached hydrogens (tertiary/aromatic N) is 2. The van der Waals surface area contributed by atoms with E-state index in [0.717, 1.165) is 6.07 Å². The maximum atomic E-state index is 11.8. The predicted molar refractivity (Wildman–Crippen MR) is 83.5 cm³/mol. The van der Waals surface area contributed by atoms with E-state index in [-0.39, 0.29) is 22.4 Å². The second-order valence-electron chi connectivity index (χ2n) is 5.28. The Morgan fingerprint density at radius 2 is 2.00 bits per heavy atom. The predicted octanol–water partition coefficient (Wildman–Crippen LogP) is 0.205. The van der Waals surface area contributed by atoms with E-state index >= 15 is 0 Å². The van der Waals surface area contributed by atoms with Gasteiger partial charge in [-0.3, -0.25) is 14.9 Å². The molecule has 0 aromatic heterocycles. The molecule has 0 bridgehead atoms. The molecular weight excluding hydrogens is 324 g/mol. The number of benzene rings is 1. The Balaban J connectivity index is 2.33. The van der Waals surface area contributed by atoms with Crippen molar-refractivity contribution in [3.63, 3.8) is 0 Å². The average molecular weight is 342 g/mol. The molecule has 0 unspecified atom stereocenters. The van der Waals surface area contributed by atoms with Crippen molar-refractivity contribution in [3.05, 3.63) is 28.3 Å². The summed E-state index contributed by atoms with van der Waals surface area (Å²) in [7, 11) is -2.52. The van der Waals surface area contributed by atoms with Crippen LogP contribution in [0, 0.1) is 16.0 Å². The number of hydrogen-bond acceptors (Lipinski definition) is 6. The molecule has 1 aliphatic heterocycles. The van der Waals surface area contributed by atoms with Crippen LogP contribution in [-0.4, -0.2) is 39.4 Å². The number of nitro groups is 1. The molecule has 3 N–H and O–H groups in total. The highest BCUT2D eigenvalue weighted by molar-refractivity contribution is 7.89. The Hall–Kier alpha value is -2.20. The summed E-state index contributed by atoms with van der Waals surface area (Å²) in [6.45, 7) is 0.902. The van der Waals surface area contributed by atoms with Gasteiger partial charge in [-0.1, -0.05) is 0 Å². The van der Waals surface area contributed by atoms with Gasteiger partial charge in [-0.05, 0) is 32.0 Å². The van der Waals surface area contributed by atoms with E-state index in [4.69, 9.17) is 5.73 Å². The fourth-order valence-corrected chi connectivity index (χ4v) is 3.36. The van der Waals surface area contributed by atoms with E-state index in [1.807, 2.05) is 0 Å². The first-order chi connectivity index (χ1) is 10.8. The number of nitrogens with two attached hydrogens (primary N) is 1. The number of carbonyl (C=O) groups is 1. The van der Waals surface area contributed by atoms with Gasteiger partial charge in [-0.25, -0.2) is 13.1 Å². The summed E-state index contributed by atoms with van der Waals surface area (Å²) in [5, 5.41) is 11.3. The number of amides is 1. The lowest BCUT2D eigenvalue weighted by Crippen LogP contribution is -2.38. The van der Waals surface area contributed by atoms with Gasteiger partial charge in [-0.15, -0.1) is 0 Å². The van der Waals surface area contributed by atoms with E-state index in [2.05, 4.69) is 4.72 Å². The molecule has 2 rings (SSSR count). The van der Waals surface area contributed by atoms with Crippen molar-refractivity contribution in [1.29, 1.82) is 0 Å². The third kappa shape index (κ3) is 3.59. The lowest BCUT2D eigenvalue weighted by molar-refractivity contribution is -0.384. The van der Waals surface area contributed by atoms with Crippen molar-refractivity contribution in [2.24, 2.45) is 11.7 Å². The van der Waals surface area contributed by atoms with Crippen LogP contribution in [0.2, 0.25) is 0 Å². The van der Waals surface area contributed by atoms with E-state index in [1.54, 1.807) is 4.90 Å². The number of sulfonamides is 1. The number of anilines is 1. The van der Waals surface area contributed by atoms with Gasteiger partial charge in [0.15, 0.2) is 0 Å². The first kappa shape index (κ1) is 17.2. The third-order valence-electron chi connectivity index (χ3n) is 3.96. The molecule has 10 heteroatoms. The van der Waals surface area contributed by atoms with Crippen LogP contribution in [-0.2, 0) is 14.8 Å². The molecule has 1 amide bonds. The summed E-state index contributed by atoms with van der Waals surface area (Å²) in [6, 6.07) is 3.79. The number of nitro benzene ring substituents is 1. The summed E-state index contributed by atoms with van der Waals surface area (Å²) < 4.78 is 25.7. The molecule has 1 heterocycles. The highest BCUT2D eigenvalue weighted by Crippen LogP contribution is 2.33. The first-order valence-electron chi connectivity index (χ1n) is 7.02. The van der Waals surface area contributed by atoms with Crippen molar-refractivity contribution < 1.29 is 18.1 Å². The SMILES string of the molecule is CNS(=O)(=O)c1ccc(N2CCC(C(N)=O)CC2)c([N+](=O)[O-])c1. The molecule has 1 aliphatic rings. The summed E-state index contributed by atoms with van der Waals surface area (Å²) in [6.07, 6.45) is 1.03. The van der Waals surface area contributed by atoms with Crippen molar-refractivity contribution >= 4 is 27.3 Å². The monoisotopic (exact) mass is 342 g/mol. The maximum absolute atomic E-state index is 11.8. The van der Waals surface area contributed by atoms with E-state index in [1.165, 1.54) is 19.2 Å². The Kier molecular flexibility index (Phi) is 4.85. The normalized spacial score (nSPS) is 16.3. The van der Waals surface area contributed by atoms with Crippen molar-refractivity contribution in [3.8, 4) is 0 Å². The molecule has 1 aromatic carbocycles. The summed E-state index contributed by atoms with van der Waals surface area (Å²) >= 11 is 0. The minimum Gasteiger partial charge on any atom is -0.369 e. The molecule has 0 saturated carbocycles. The smallest absolute Gasteiger partial charge is 0.293 e. The van der Waals surface area contributed by atoms with Gasteiger partial charge in [0, 0.05) is 25.1 Å². The lowest BCUT2D eigenvalue weighted by Gasteiger charge is -2.32. The van der Waals surface area contributed by atoms with Crippen molar-refractivity contribution in [2.75, 3.05) is 25.0 Å². The molecule has 0 atom stereocenters. The minimum atomic E-state index is -3.76. The fraction of sp³-hybridized carbons (Fsp3) is 0.462. The fourth-order valence-electron chi connectivity index (χ4n) is 2.61. The molecule has 126 valence electrons. The Labute approximate surface area is 133 Å². The molecule has 9 nitrogen and oxygen atoms in total. The third-order valence-corrected chi connectivity index (χ3v) is 5.37. The van der Waals surface area contributed by atoms with Gasteiger partial charge < -0.3 is 10.6 Å². The molecule has 0 radical (unpaired) electrons. The van der Waals surface area contributed by atoms with Crippen LogP contribution < -0.4 is 15.4 Å². The second kappa shape index (κ2) is 6.50. The van der Waals surface area contributed by atoms with Gasteiger partial charge in [0.1, 0.15) is 5.69 Å². The van der Waals surface area contributed by atoms with Crippen LogP contribution in [0.3, 0.4) is 0 Å². The highest BCUT2D eigenvalue weighted by Gasteiger charge is 2.28. The minimum absolute atomic E-state index is 0.164. The standard InChI is InChI=1S/C13H18N4O5S/c1-15-23(21,22)10-2-3-11(12(8-10)17(19)20)16-6-4-9(5-7-16)13(14)18/h2-3,8-9,15H,4-7H2,1H3,(H2,14,18). The van der Waals surface area contributed by atoms with Crippen LogP contribution in [0.1, 0.15) is 12.8 Å². The highest BCUT2D eigenvalue weighted by atomic mass is 32.2. The number of rotatable bonds is 5. The Bertz CT molecular complexity index is 726. The first-order valence-corrected chi connectivity index (χ1v) is 8.51. The molecule has 1 fully saturated rings. The summed E-state index contributed by atoms with van der Waals surface area (Å²) in [5.74, 6) is -0.594. The van der Waals surface area contributed by atoms with Gasteiger partial charge >= 0.3 is 0 Å². The zero-order valence-electron chi connectivity index (χ0n) is 12.6. The summed E-state index contributed by atoms with van der Waals surface area (Å²) in [5.41, 5.74) is 5.34. The topological polar surface area (TPSA) is 136 Å². The molecule has 1 aromatic rings. The Morgan fingerprint density at radius 1 is 1.39 bits per heavy atom. The number of carbonyl (C=O) groups excluding carboxylic acids is 1. The lowest BCUT2D eigenvalue weighted by atomic mass is 9.96. The van der Waals surface area contributed by atoms with Gasteiger partial charge in [-0.2, -0.15) is 0 Å². The van der Waals surface area contributed by atoms with E-state index in [0.29, 0.717) is 31.6 Å². The number of hydrogen-bond donors (Lipinski definition) is 2. The number of primary amides is 1. The van der Waals surface area contributed by atoms with Crippen LogP contribution in [0.4, 0.5) is 11.4 Å². The maximum Gasteiger partial charge on any atom is 0.293 e. The van der Waals surface area contributed by atoms with Crippen LogP contribution >= 0.6 is 0 Å². The summed E-state index contributed by atoms with van der Waals surface area (Å²) in [4.78, 5) is 23.5. The largest absolute Gasteiger partial charge is 0.369 e. The average Bonchev–Trinajstić information content (AvgIpc) is 2.54. The van der Waals surface area contributed by atoms with Gasteiger partial charge in [0.05, 0.1) is 9.82 Å². The number of nitrogens with one attached hydrogen (secondary N) is 1. The van der Waals surface area contributed by atoms with Crippen LogP contribution in [0.5, 0.6) is 0 Å². The Morgan fingerprint density at radius 3 is 2.48 bits per heavy atom. The zero-order valence-corrected chi connectivity index (χ0v) is 13.4. The van der Waals surface area contributed by atoms with Crippen LogP contribution in [0.15, 0.2) is 23.1 Å². The molecule has 0 aliphatic carbocycles. The second-order valence-corrected chi connectivity index (χ2v) is 7.17. The molecule has 1 saturated heterocycles. The molecular formula is C13H18N4O5S. The van der Waals surface area contributed by atoms with Gasteiger partial charge in [0.2, 0.25) is 15.9 Å². The van der Waals surface area contributed by atoms with Crippen LogP contribution in [0.25, 0.3) is 0 Å². The van der Waals surface area contributed by atoms with E-state index in [9.17, 15) is 23.3 Å². The van der Waals surface area contributed by atoms with Crippen molar-refractivity contribution in [1.82, 2.24) is 4.72 Å². The van der Waals surface area contributed by atoms with E-state index < -0.39 is 14.9 Å². The number of piperidine rings is 1. The molecule has 23 heavy (non-hydrogen) atoms. The van der Waals surface area contributed by atoms with Crippen molar-refractivity contribution in [2.45, 2.75) is 17.7 Å². The molecule has 0 spiro atoms. The van der Waals surface area contributed by atoms with Gasteiger partial charge in [0.25, 0.3) is 5.69 Å². The quantitative estimate of drug-likeness (QED) is 0.580. The zero-order chi connectivity index (χ0) is 17.2.